The van der Waals surface area contributed by atoms with Crippen LogP contribution in [0.25, 0.3) is 0 Å². The molecule has 13 heavy (non-hydrogen) atoms. The van der Waals surface area contributed by atoms with Crippen LogP contribution in [0.5, 0.6) is 0 Å². The summed E-state index contributed by atoms with van der Waals surface area (Å²) in [5.74, 6) is 0. The average molecular weight is 199 g/mol. The van der Waals surface area contributed by atoms with Gasteiger partial charge in [-0.1, -0.05) is 4.49 Å². The second-order valence-electron chi connectivity index (χ2n) is 3.23. The smallest absolute Gasteiger partial charge is 0.104 e. The Hall–Kier alpha value is -0.520. The zero-order valence-corrected chi connectivity index (χ0v) is 8.17. The second-order valence-corrected chi connectivity index (χ2v) is 3.84. The third-order valence-corrected chi connectivity index (χ3v) is 2.83. The molecular weight excluding hydrogens is 186 g/mol. The third kappa shape index (κ3) is 2.04. The summed E-state index contributed by atoms with van der Waals surface area (Å²) in [6, 6.07) is 0. The van der Waals surface area contributed by atoms with E-state index in [-0.39, 0.29) is 6.10 Å². The van der Waals surface area contributed by atoms with Gasteiger partial charge < -0.3 is 10.5 Å². The quantitative estimate of drug-likeness (QED) is 0.792. The van der Waals surface area contributed by atoms with E-state index in [4.69, 9.17) is 10.5 Å². The Morgan fingerprint density at radius 1 is 1.62 bits per heavy atom. The van der Waals surface area contributed by atoms with Gasteiger partial charge >= 0.3 is 0 Å². The first-order valence-electron chi connectivity index (χ1n) is 4.52. The molecule has 0 amide bonds. The van der Waals surface area contributed by atoms with Gasteiger partial charge in [0.05, 0.1) is 6.10 Å². The van der Waals surface area contributed by atoms with Crippen LogP contribution in [0.15, 0.2) is 5.38 Å². The van der Waals surface area contributed by atoms with Crippen LogP contribution < -0.4 is 5.73 Å². The third-order valence-electron chi connectivity index (χ3n) is 2.30. The monoisotopic (exact) mass is 199 g/mol. The zero-order valence-electron chi connectivity index (χ0n) is 7.35. The van der Waals surface area contributed by atoms with Crippen LogP contribution >= 0.6 is 11.5 Å². The van der Waals surface area contributed by atoms with E-state index >= 15 is 0 Å². The Morgan fingerprint density at radius 2 is 2.54 bits per heavy atom. The predicted molar refractivity (Wildman–Crippen MR) is 50.4 cm³/mol. The van der Waals surface area contributed by atoms with E-state index in [9.17, 15) is 0 Å². The lowest BCUT2D eigenvalue weighted by molar-refractivity contribution is 0.0391. The number of aromatic nitrogens is 2. The Labute approximate surface area is 81.3 Å². The molecule has 1 aliphatic rings. The molecule has 1 fully saturated rings. The van der Waals surface area contributed by atoms with Gasteiger partial charge in [-0.25, -0.2) is 0 Å². The number of rotatable bonds is 3. The molecule has 0 bridgehead atoms. The number of ether oxygens (including phenoxy) is 1. The van der Waals surface area contributed by atoms with Crippen molar-refractivity contribution in [3.05, 3.63) is 11.1 Å². The minimum atomic E-state index is 0.162. The maximum absolute atomic E-state index is 5.77. The summed E-state index contributed by atoms with van der Waals surface area (Å²) in [5.41, 5.74) is 6.44. The van der Waals surface area contributed by atoms with Crippen molar-refractivity contribution >= 4 is 11.5 Å². The van der Waals surface area contributed by atoms with Crippen LogP contribution in [-0.2, 0) is 4.74 Å². The fourth-order valence-corrected chi connectivity index (χ4v) is 2.13. The van der Waals surface area contributed by atoms with E-state index in [1.165, 1.54) is 11.5 Å². The lowest BCUT2D eigenvalue weighted by Crippen LogP contribution is -2.12. The normalized spacial score (nSPS) is 28.1. The summed E-state index contributed by atoms with van der Waals surface area (Å²) < 4.78 is 9.60. The van der Waals surface area contributed by atoms with Gasteiger partial charge in [0.2, 0.25) is 0 Å². The Morgan fingerprint density at radius 3 is 3.23 bits per heavy atom. The first-order valence-corrected chi connectivity index (χ1v) is 5.36. The molecule has 0 aromatic carbocycles. The van der Waals surface area contributed by atoms with Crippen molar-refractivity contribution in [3.63, 3.8) is 0 Å². The van der Waals surface area contributed by atoms with Crippen LogP contribution in [0.1, 0.15) is 31.1 Å². The predicted octanol–water partition coefficient (Wildman–Crippen LogP) is 1.11. The van der Waals surface area contributed by atoms with Gasteiger partial charge in [0.1, 0.15) is 11.8 Å². The van der Waals surface area contributed by atoms with Gasteiger partial charge in [-0.3, -0.25) is 0 Å². The van der Waals surface area contributed by atoms with Gasteiger partial charge in [0.25, 0.3) is 0 Å². The fraction of sp³-hybridized carbons (Fsp3) is 0.750. The highest BCUT2D eigenvalue weighted by Gasteiger charge is 2.27. The SMILES string of the molecule is NCCC1CCC(c2csnn2)O1. The molecule has 1 saturated heterocycles. The Bertz CT molecular complexity index is 252. The van der Waals surface area contributed by atoms with Crippen molar-refractivity contribution in [2.24, 2.45) is 5.73 Å². The van der Waals surface area contributed by atoms with Crippen LogP contribution in [-0.4, -0.2) is 22.2 Å². The van der Waals surface area contributed by atoms with Gasteiger partial charge in [-0.05, 0) is 37.3 Å². The van der Waals surface area contributed by atoms with E-state index in [1.54, 1.807) is 0 Å². The largest absolute Gasteiger partial charge is 0.369 e. The van der Waals surface area contributed by atoms with Crippen LogP contribution in [0.4, 0.5) is 0 Å². The van der Waals surface area contributed by atoms with Gasteiger partial charge in [-0.15, -0.1) is 5.10 Å². The van der Waals surface area contributed by atoms with E-state index in [0.29, 0.717) is 12.6 Å². The molecular formula is C8H13N3OS. The first kappa shape index (κ1) is 9.05. The van der Waals surface area contributed by atoms with Crippen molar-refractivity contribution in [2.75, 3.05) is 6.54 Å². The Kier molecular flexibility index (Phi) is 2.87. The van der Waals surface area contributed by atoms with Gasteiger partial charge in [0, 0.05) is 5.38 Å². The Balaban J connectivity index is 1.91. The lowest BCUT2D eigenvalue weighted by atomic mass is 10.1. The summed E-state index contributed by atoms with van der Waals surface area (Å²) >= 11 is 1.38. The molecule has 2 heterocycles. The molecule has 2 atom stereocenters. The molecule has 72 valence electrons. The molecule has 1 aliphatic heterocycles. The minimum Gasteiger partial charge on any atom is -0.369 e. The van der Waals surface area contributed by atoms with Crippen molar-refractivity contribution in [1.82, 2.24) is 9.59 Å². The molecule has 1 aromatic rings. The average Bonchev–Trinajstić information content (AvgIpc) is 2.70. The highest BCUT2D eigenvalue weighted by Crippen LogP contribution is 2.32. The molecule has 0 saturated carbocycles. The zero-order chi connectivity index (χ0) is 9.10. The fourth-order valence-electron chi connectivity index (χ4n) is 1.63. The number of hydrogen-bond donors (Lipinski definition) is 1. The maximum atomic E-state index is 5.77. The van der Waals surface area contributed by atoms with Gasteiger partial charge in [-0.2, -0.15) is 0 Å². The second kappa shape index (κ2) is 4.13. The number of nitrogens with zero attached hydrogens (tertiary/aromatic N) is 2. The topological polar surface area (TPSA) is 61.0 Å². The molecule has 2 N–H and O–H groups in total. The van der Waals surface area contributed by atoms with Crippen molar-refractivity contribution in [1.29, 1.82) is 0 Å². The van der Waals surface area contributed by atoms with Crippen LogP contribution in [0, 0.1) is 0 Å². The van der Waals surface area contributed by atoms with E-state index < -0.39 is 0 Å². The molecule has 2 rings (SSSR count). The highest BCUT2D eigenvalue weighted by molar-refractivity contribution is 7.03. The van der Waals surface area contributed by atoms with Crippen molar-refractivity contribution < 1.29 is 4.74 Å². The van der Waals surface area contributed by atoms with Crippen LogP contribution in [0.3, 0.4) is 0 Å². The number of nitrogens with two attached hydrogens (primary N) is 1. The number of hydrogen-bond acceptors (Lipinski definition) is 5. The molecule has 0 radical (unpaired) electrons. The van der Waals surface area contributed by atoms with E-state index in [1.807, 2.05) is 5.38 Å². The highest BCUT2D eigenvalue weighted by atomic mass is 32.1. The molecule has 0 aliphatic carbocycles. The summed E-state index contributed by atoms with van der Waals surface area (Å²) in [6.45, 7) is 0.701. The van der Waals surface area contributed by atoms with E-state index in [2.05, 4.69) is 9.59 Å². The standard InChI is InChI=1S/C8H13N3OS/c9-4-3-6-1-2-8(12-6)7-5-13-11-10-7/h5-6,8H,1-4,9H2. The maximum Gasteiger partial charge on any atom is 0.104 e. The first-order chi connectivity index (χ1) is 6.40. The molecule has 1 aromatic heterocycles. The lowest BCUT2D eigenvalue weighted by Gasteiger charge is -2.09. The summed E-state index contributed by atoms with van der Waals surface area (Å²) in [5, 5.41) is 5.96. The van der Waals surface area contributed by atoms with Gasteiger partial charge in [0.15, 0.2) is 0 Å². The molecule has 4 nitrogen and oxygen atoms in total. The summed E-state index contributed by atoms with van der Waals surface area (Å²) in [6.07, 6.45) is 3.59. The molecule has 5 heteroatoms. The van der Waals surface area contributed by atoms with Crippen molar-refractivity contribution in [2.45, 2.75) is 31.5 Å². The summed E-state index contributed by atoms with van der Waals surface area (Å²) in [7, 11) is 0. The molecule has 0 spiro atoms. The molecule has 2 unspecified atom stereocenters. The van der Waals surface area contributed by atoms with Crippen molar-refractivity contribution in [3.8, 4) is 0 Å². The van der Waals surface area contributed by atoms with E-state index in [0.717, 1.165) is 25.0 Å². The van der Waals surface area contributed by atoms with Crippen LogP contribution in [0.2, 0.25) is 0 Å². The summed E-state index contributed by atoms with van der Waals surface area (Å²) in [4.78, 5) is 0. The minimum absolute atomic E-state index is 0.162.